The van der Waals surface area contributed by atoms with Gasteiger partial charge in [0, 0.05) is 35.7 Å². The van der Waals surface area contributed by atoms with Crippen LogP contribution in [0.2, 0.25) is 0 Å². The molecule has 0 spiro atoms. The molecule has 0 unspecified atom stereocenters. The fourth-order valence-electron chi connectivity index (χ4n) is 3.36. The van der Waals surface area contributed by atoms with Crippen molar-refractivity contribution in [3.05, 3.63) is 76.0 Å². The Balaban J connectivity index is 1.42. The minimum Gasteiger partial charge on any atom is -0.371 e. The first-order valence-electron chi connectivity index (χ1n) is 9.28. The van der Waals surface area contributed by atoms with Crippen LogP contribution < -0.4 is 15.5 Å². The molecule has 1 aliphatic heterocycles. The van der Waals surface area contributed by atoms with E-state index in [-0.39, 0.29) is 11.8 Å². The Morgan fingerprint density at radius 3 is 2.46 bits per heavy atom. The number of hydrogen-bond donors (Lipinski definition) is 2. The number of nitrogens with zero attached hydrogens (tertiary/aromatic N) is 1. The van der Waals surface area contributed by atoms with Gasteiger partial charge in [-0.3, -0.25) is 9.59 Å². The summed E-state index contributed by atoms with van der Waals surface area (Å²) in [5, 5.41) is 7.66. The van der Waals surface area contributed by atoms with Crippen LogP contribution in [0.4, 0.5) is 17.1 Å². The summed E-state index contributed by atoms with van der Waals surface area (Å²) >= 11 is 1.39. The predicted octanol–water partition coefficient (Wildman–Crippen LogP) is 4.64. The van der Waals surface area contributed by atoms with Crippen LogP contribution in [0, 0.1) is 0 Å². The first kappa shape index (κ1) is 18.3. The molecule has 0 fully saturated rings. The van der Waals surface area contributed by atoms with E-state index in [4.69, 9.17) is 0 Å². The first-order chi connectivity index (χ1) is 13.6. The molecule has 2 heterocycles. The fraction of sp³-hybridized carbons (Fsp3) is 0.182. The van der Waals surface area contributed by atoms with E-state index in [1.54, 1.807) is 30.3 Å². The van der Waals surface area contributed by atoms with Crippen LogP contribution in [0.15, 0.2) is 60.0 Å². The Bertz CT molecular complexity index is 997. The number of carbonyl (C=O) groups excluding carboxylic acids is 2. The number of benzene rings is 2. The minimum absolute atomic E-state index is 0.147. The lowest BCUT2D eigenvalue weighted by Crippen LogP contribution is -2.19. The van der Waals surface area contributed by atoms with Crippen molar-refractivity contribution in [1.29, 1.82) is 0 Å². The summed E-state index contributed by atoms with van der Waals surface area (Å²) in [6, 6.07) is 16.6. The van der Waals surface area contributed by atoms with Gasteiger partial charge in [-0.1, -0.05) is 12.1 Å². The van der Waals surface area contributed by atoms with Gasteiger partial charge in [-0.2, -0.15) is 0 Å². The van der Waals surface area contributed by atoms with E-state index in [0.717, 1.165) is 25.2 Å². The molecule has 4 rings (SSSR count). The molecule has 0 saturated heterocycles. The summed E-state index contributed by atoms with van der Waals surface area (Å²) < 4.78 is 0. The number of thiophene rings is 1. The van der Waals surface area contributed by atoms with Crippen LogP contribution in [0.5, 0.6) is 0 Å². The van der Waals surface area contributed by atoms with Crippen LogP contribution in [0.1, 0.15) is 32.5 Å². The molecule has 0 atom stereocenters. The molecule has 3 aromatic rings. The maximum absolute atomic E-state index is 12.6. The van der Waals surface area contributed by atoms with Crippen molar-refractivity contribution in [2.75, 3.05) is 28.6 Å². The molecule has 0 radical (unpaired) electrons. The van der Waals surface area contributed by atoms with Crippen LogP contribution in [0.25, 0.3) is 0 Å². The second-order valence-corrected chi connectivity index (χ2v) is 7.58. The SMILES string of the molecule is CCN1CCc2ccc(NC(=O)c3ccc(NC(=O)c4cccs4)cc3)cc21. The number of anilines is 3. The Morgan fingerprint density at radius 1 is 1.00 bits per heavy atom. The first-order valence-corrected chi connectivity index (χ1v) is 10.2. The average molecular weight is 391 g/mol. The summed E-state index contributed by atoms with van der Waals surface area (Å²) in [6.07, 6.45) is 1.05. The van der Waals surface area contributed by atoms with Gasteiger partial charge >= 0.3 is 0 Å². The van der Waals surface area contributed by atoms with Crippen LogP contribution in [-0.2, 0) is 6.42 Å². The lowest BCUT2D eigenvalue weighted by molar-refractivity contribution is 0.102. The number of hydrogen-bond acceptors (Lipinski definition) is 4. The van der Waals surface area contributed by atoms with Gasteiger partial charge in [-0.25, -0.2) is 0 Å². The summed E-state index contributed by atoms with van der Waals surface area (Å²) in [5.41, 5.74) is 4.52. The third-order valence-corrected chi connectivity index (χ3v) is 5.74. The lowest BCUT2D eigenvalue weighted by atomic mass is 10.1. The summed E-state index contributed by atoms with van der Waals surface area (Å²) in [5.74, 6) is -0.317. The van der Waals surface area contributed by atoms with Gasteiger partial charge in [0.05, 0.1) is 4.88 Å². The van der Waals surface area contributed by atoms with Crippen molar-refractivity contribution >= 4 is 40.2 Å². The van der Waals surface area contributed by atoms with E-state index >= 15 is 0 Å². The highest BCUT2D eigenvalue weighted by Gasteiger charge is 2.18. The maximum atomic E-state index is 12.6. The molecule has 2 aromatic carbocycles. The summed E-state index contributed by atoms with van der Waals surface area (Å²) in [6.45, 7) is 4.13. The zero-order valence-corrected chi connectivity index (χ0v) is 16.4. The van der Waals surface area contributed by atoms with Crippen molar-refractivity contribution in [2.45, 2.75) is 13.3 Å². The van der Waals surface area contributed by atoms with E-state index in [2.05, 4.69) is 28.5 Å². The highest BCUT2D eigenvalue weighted by molar-refractivity contribution is 7.12. The third-order valence-electron chi connectivity index (χ3n) is 4.87. The third kappa shape index (κ3) is 3.77. The molecule has 0 saturated carbocycles. The normalized spacial score (nSPS) is 12.5. The lowest BCUT2D eigenvalue weighted by Gasteiger charge is -2.17. The molecular weight excluding hydrogens is 370 g/mol. The maximum Gasteiger partial charge on any atom is 0.265 e. The standard InChI is InChI=1S/C22H21N3O2S/c1-2-25-12-11-15-5-10-18(14-19(15)25)24-21(26)16-6-8-17(9-7-16)23-22(27)20-4-3-13-28-20/h3-10,13-14H,2,11-12H2,1H3,(H,23,27)(H,24,26). The van der Waals surface area contributed by atoms with Crippen LogP contribution in [-0.4, -0.2) is 24.9 Å². The van der Waals surface area contributed by atoms with Gasteiger partial charge in [-0.05, 0) is 66.8 Å². The van der Waals surface area contributed by atoms with E-state index in [1.165, 1.54) is 22.6 Å². The second kappa shape index (κ2) is 7.86. The largest absolute Gasteiger partial charge is 0.371 e. The molecule has 142 valence electrons. The Kier molecular flexibility index (Phi) is 5.12. The molecule has 2 amide bonds. The predicted molar refractivity (Wildman–Crippen MR) is 115 cm³/mol. The smallest absolute Gasteiger partial charge is 0.265 e. The molecule has 6 heteroatoms. The van der Waals surface area contributed by atoms with Gasteiger partial charge < -0.3 is 15.5 Å². The number of fused-ring (bicyclic) bond motifs is 1. The van der Waals surface area contributed by atoms with Gasteiger partial charge in [0.25, 0.3) is 11.8 Å². The molecule has 1 aliphatic rings. The average Bonchev–Trinajstić information content (AvgIpc) is 3.38. The van der Waals surface area contributed by atoms with Gasteiger partial charge in [0.15, 0.2) is 0 Å². The Labute approximate surface area is 168 Å². The zero-order valence-electron chi connectivity index (χ0n) is 15.6. The van der Waals surface area contributed by atoms with Gasteiger partial charge in [-0.15, -0.1) is 11.3 Å². The molecule has 0 bridgehead atoms. The van der Waals surface area contributed by atoms with E-state index in [0.29, 0.717) is 16.1 Å². The zero-order chi connectivity index (χ0) is 19.5. The second-order valence-electron chi connectivity index (χ2n) is 6.64. The topological polar surface area (TPSA) is 61.4 Å². The summed E-state index contributed by atoms with van der Waals surface area (Å²) in [4.78, 5) is 27.6. The number of likely N-dealkylation sites (N-methyl/N-ethyl adjacent to an activating group) is 1. The van der Waals surface area contributed by atoms with E-state index in [9.17, 15) is 9.59 Å². The van der Waals surface area contributed by atoms with Crippen LogP contribution in [0.3, 0.4) is 0 Å². The van der Waals surface area contributed by atoms with Crippen LogP contribution >= 0.6 is 11.3 Å². The monoisotopic (exact) mass is 391 g/mol. The minimum atomic E-state index is -0.169. The summed E-state index contributed by atoms with van der Waals surface area (Å²) in [7, 11) is 0. The van der Waals surface area contributed by atoms with Crippen molar-refractivity contribution in [1.82, 2.24) is 0 Å². The van der Waals surface area contributed by atoms with Crippen molar-refractivity contribution in [3.8, 4) is 0 Å². The number of nitrogens with one attached hydrogen (secondary N) is 2. The fourth-order valence-corrected chi connectivity index (χ4v) is 3.98. The highest BCUT2D eigenvalue weighted by Crippen LogP contribution is 2.30. The van der Waals surface area contributed by atoms with E-state index in [1.807, 2.05) is 23.6 Å². The molecule has 28 heavy (non-hydrogen) atoms. The number of rotatable bonds is 5. The molecule has 2 N–H and O–H groups in total. The van der Waals surface area contributed by atoms with E-state index < -0.39 is 0 Å². The van der Waals surface area contributed by atoms with Gasteiger partial charge in [0.2, 0.25) is 0 Å². The van der Waals surface area contributed by atoms with Crippen molar-refractivity contribution < 1.29 is 9.59 Å². The molecule has 0 aliphatic carbocycles. The number of carbonyl (C=O) groups is 2. The molecular formula is C22H21N3O2S. The molecule has 5 nitrogen and oxygen atoms in total. The highest BCUT2D eigenvalue weighted by atomic mass is 32.1. The Morgan fingerprint density at radius 2 is 1.75 bits per heavy atom. The molecule has 1 aromatic heterocycles. The Hall–Kier alpha value is -3.12. The van der Waals surface area contributed by atoms with Gasteiger partial charge in [0.1, 0.15) is 0 Å². The van der Waals surface area contributed by atoms with Crippen molar-refractivity contribution in [3.63, 3.8) is 0 Å². The number of amides is 2. The quantitative estimate of drug-likeness (QED) is 0.666. The van der Waals surface area contributed by atoms with Crippen molar-refractivity contribution in [2.24, 2.45) is 0 Å².